The van der Waals surface area contributed by atoms with Crippen LogP contribution >= 0.6 is 0 Å². The van der Waals surface area contributed by atoms with Crippen LogP contribution in [-0.4, -0.2) is 23.3 Å². The zero-order valence-electron chi connectivity index (χ0n) is 8.95. The molecule has 1 atom stereocenters. The van der Waals surface area contributed by atoms with Gasteiger partial charge in [0.1, 0.15) is 11.3 Å². The Morgan fingerprint density at radius 3 is 3.00 bits per heavy atom. The molecule has 3 N–H and O–H groups in total. The molecule has 2 aromatic rings. The number of nitrogens with one attached hydrogen (secondary N) is 1. The number of H-pyrrole nitrogens is 1. The van der Waals surface area contributed by atoms with E-state index in [1.165, 1.54) is 0 Å². The molecule has 0 saturated carbocycles. The summed E-state index contributed by atoms with van der Waals surface area (Å²) in [6, 6.07) is 6.01. The van der Waals surface area contributed by atoms with Gasteiger partial charge in [-0.05, 0) is 13.0 Å². The van der Waals surface area contributed by atoms with E-state index in [4.69, 9.17) is 10.5 Å². The molecular formula is C11H15N3O. The predicted octanol–water partition coefficient (Wildman–Crippen LogP) is 1.46. The van der Waals surface area contributed by atoms with Crippen molar-refractivity contribution in [2.75, 3.05) is 7.11 Å². The van der Waals surface area contributed by atoms with E-state index in [0.29, 0.717) is 0 Å². The summed E-state index contributed by atoms with van der Waals surface area (Å²) < 4.78 is 5.23. The molecule has 15 heavy (non-hydrogen) atoms. The predicted molar refractivity (Wildman–Crippen MR) is 60.0 cm³/mol. The zero-order chi connectivity index (χ0) is 10.8. The van der Waals surface area contributed by atoms with Crippen LogP contribution in [0.3, 0.4) is 0 Å². The van der Waals surface area contributed by atoms with Crippen LogP contribution < -0.4 is 10.5 Å². The first-order chi connectivity index (χ1) is 7.22. The molecule has 0 bridgehead atoms. The molecule has 4 nitrogen and oxygen atoms in total. The smallest absolute Gasteiger partial charge is 0.146 e. The van der Waals surface area contributed by atoms with Crippen LogP contribution in [0, 0.1) is 0 Å². The average Bonchev–Trinajstić information content (AvgIpc) is 2.61. The number of hydrogen-bond donors (Lipinski definition) is 2. The van der Waals surface area contributed by atoms with Gasteiger partial charge in [-0.1, -0.05) is 12.1 Å². The van der Waals surface area contributed by atoms with E-state index in [2.05, 4.69) is 10.2 Å². The molecule has 2 rings (SSSR count). The molecule has 0 spiro atoms. The standard InChI is InChI=1S/C11H15N3O/c1-7(12)6-9-8-4-3-5-10(15-2)11(8)14-13-9/h3-5,7H,6,12H2,1-2H3,(H,13,14). The van der Waals surface area contributed by atoms with E-state index >= 15 is 0 Å². The van der Waals surface area contributed by atoms with Crippen LogP contribution in [0.15, 0.2) is 18.2 Å². The minimum atomic E-state index is 0.125. The van der Waals surface area contributed by atoms with Crippen LogP contribution in [0.5, 0.6) is 5.75 Å². The zero-order valence-corrected chi connectivity index (χ0v) is 8.95. The highest BCUT2D eigenvalue weighted by Crippen LogP contribution is 2.25. The first-order valence-corrected chi connectivity index (χ1v) is 4.98. The summed E-state index contributed by atoms with van der Waals surface area (Å²) >= 11 is 0. The van der Waals surface area contributed by atoms with Gasteiger partial charge in [0.25, 0.3) is 0 Å². The number of aromatic amines is 1. The third-order valence-electron chi connectivity index (χ3n) is 2.37. The van der Waals surface area contributed by atoms with E-state index < -0.39 is 0 Å². The summed E-state index contributed by atoms with van der Waals surface area (Å²) in [4.78, 5) is 0. The molecule has 0 amide bonds. The highest BCUT2D eigenvalue weighted by molar-refractivity contribution is 5.86. The second-order valence-corrected chi connectivity index (χ2v) is 3.74. The molecule has 0 saturated heterocycles. The minimum Gasteiger partial charge on any atom is -0.494 e. The van der Waals surface area contributed by atoms with Gasteiger partial charge >= 0.3 is 0 Å². The number of fused-ring (bicyclic) bond motifs is 1. The number of para-hydroxylation sites is 1. The maximum atomic E-state index is 5.77. The van der Waals surface area contributed by atoms with Crippen molar-refractivity contribution in [2.24, 2.45) is 5.73 Å². The summed E-state index contributed by atoms with van der Waals surface area (Å²) in [6.45, 7) is 1.98. The fourth-order valence-corrected chi connectivity index (χ4v) is 1.71. The van der Waals surface area contributed by atoms with Gasteiger partial charge in [0.05, 0.1) is 7.11 Å². The van der Waals surface area contributed by atoms with Crippen LogP contribution in [0.25, 0.3) is 10.9 Å². The van der Waals surface area contributed by atoms with E-state index in [1.54, 1.807) is 7.11 Å². The summed E-state index contributed by atoms with van der Waals surface area (Å²) in [7, 11) is 1.65. The highest BCUT2D eigenvalue weighted by atomic mass is 16.5. The largest absolute Gasteiger partial charge is 0.494 e. The molecule has 0 aliphatic heterocycles. The molecule has 1 unspecified atom stereocenters. The maximum Gasteiger partial charge on any atom is 0.146 e. The Kier molecular flexibility index (Phi) is 2.60. The number of nitrogens with two attached hydrogens (primary N) is 1. The fraction of sp³-hybridized carbons (Fsp3) is 0.364. The second kappa shape index (κ2) is 3.90. The Bertz CT molecular complexity index is 462. The van der Waals surface area contributed by atoms with Crippen LogP contribution in [0.1, 0.15) is 12.6 Å². The third kappa shape index (κ3) is 1.80. The van der Waals surface area contributed by atoms with Crippen LogP contribution in [0.4, 0.5) is 0 Å². The van der Waals surface area contributed by atoms with E-state index in [0.717, 1.165) is 28.8 Å². The van der Waals surface area contributed by atoms with Crippen molar-refractivity contribution < 1.29 is 4.74 Å². The molecule has 1 aromatic heterocycles. The fourth-order valence-electron chi connectivity index (χ4n) is 1.71. The maximum absolute atomic E-state index is 5.77. The minimum absolute atomic E-state index is 0.125. The van der Waals surface area contributed by atoms with Gasteiger partial charge in [0.15, 0.2) is 0 Å². The average molecular weight is 205 g/mol. The van der Waals surface area contributed by atoms with Gasteiger partial charge in [-0.2, -0.15) is 5.10 Å². The summed E-state index contributed by atoms with van der Waals surface area (Å²) in [5.74, 6) is 0.791. The molecule has 0 aliphatic carbocycles. The second-order valence-electron chi connectivity index (χ2n) is 3.74. The van der Waals surface area contributed by atoms with Gasteiger partial charge in [0.2, 0.25) is 0 Å². The molecule has 1 aromatic carbocycles. The molecule has 1 heterocycles. The van der Waals surface area contributed by atoms with Crippen LogP contribution in [-0.2, 0) is 6.42 Å². The quantitative estimate of drug-likeness (QED) is 0.797. The Hall–Kier alpha value is -1.55. The van der Waals surface area contributed by atoms with Crippen molar-refractivity contribution in [3.63, 3.8) is 0 Å². The molecule has 0 aliphatic rings. The van der Waals surface area contributed by atoms with Gasteiger partial charge in [-0.25, -0.2) is 0 Å². The van der Waals surface area contributed by atoms with Gasteiger partial charge in [-0.15, -0.1) is 0 Å². The number of nitrogens with zero attached hydrogens (tertiary/aromatic N) is 1. The van der Waals surface area contributed by atoms with Gasteiger partial charge in [-0.3, -0.25) is 5.10 Å². The Labute approximate surface area is 88.4 Å². The molecular weight excluding hydrogens is 190 g/mol. The highest BCUT2D eigenvalue weighted by Gasteiger charge is 2.10. The van der Waals surface area contributed by atoms with E-state index in [9.17, 15) is 0 Å². The van der Waals surface area contributed by atoms with E-state index in [-0.39, 0.29) is 6.04 Å². The number of ether oxygens (including phenoxy) is 1. The van der Waals surface area contributed by atoms with Crippen molar-refractivity contribution in [3.05, 3.63) is 23.9 Å². The Balaban J connectivity index is 2.51. The van der Waals surface area contributed by atoms with Gasteiger partial charge < -0.3 is 10.5 Å². The lowest BCUT2D eigenvalue weighted by molar-refractivity contribution is 0.419. The summed E-state index contributed by atoms with van der Waals surface area (Å²) in [5.41, 5.74) is 7.71. The Morgan fingerprint density at radius 1 is 1.53 bits per heavy atom. The molecule has 0 radical (unpaired) electrons. The number of hydrogen-bond acceptors (Lipinski definition) is 3. The van der Waals surface area contributed by atoms with Crippen LogP contribution in [0.2, 0.25) is 0 Å². The van der Waals surface area contributed by atoms with Crippen molar-refractivity contribution in [2.45, 2.75) is 19.4 Å². The van der Waals surface area contributed by atoms with Crippen molar-refractivity contribution in [1.82, 2.24) is 10.2 Å². The normalized spacial score (nSPS) is 13.0. The first-order valence-electron chi connectivity index (χ1n) is 4.98. The lowest BCUT2D eigenvalue weighted by Gasteiger charge is -2.03. The van der Waals surface area contributed by atoms with Crippen molar-refractivity contribution in [3.8, 4) is 5.75 Å². The first kappa shape index (κ1) is 9.98. The number of methoxy groups -OCH3 is 1. The van der Waals surface area contributed by atoms with Gasteiger partial charge in [0, 0.05) is 23.5 Å². The lowest BCUT2D eigenvalue weighted by atomic mass is 10.1. The van der Waals surface area contributed by atoms with E-state index in [1.807, 2.05) is 25.1 Å². The van der Waals surface area contributed by atoms with Crippen molar-refractivity contribution >= 4 is 10.9 Å². The summed E-state index contributed by atoms with van der Waals surface area (Å²) in [5, 5.41) is 8.34. The summed E-state index contributed by atoms with van der Waals surface area (Å²) in [6.07, 6.45) is 0.795. The molecule has 0 fully saturated rings. The molecule has 80 valence electrons. The third-order valence-corrected chi connectivity index (χ3v) is 2.37. The topological polar surface area (TPSA) is 63.9 Å². The lowest BCUT2D eigenvalue weighted by Crippen LogP contribution is -2.18. The Morgan fingerprint density at radius 2 is 2.33 bits per heavy atom. The molecule has 4 heteroatoms. The number of rotatable bonds is 3. The number of benzene rings is 1. The monoisotopic (exact) mass is 205 g/mol. The SMILES string of the molecule is COc1cccc2c(CC(C)N)[nH]nc12. The van der Waals surface area contributed by atoms with Crippen molar-refractivity contribution in [1.29, 1.82) is 0 Å². The number of aromatic nitrogens is 2.